The average molecular weight is 263 g/mol. The smallest absolute Gasteiger partial charge is 0.0320 e. The van der Waals surface area contributed by atoms with Crippen LogP contribution >= 0.6 is 17.0 Å². The molecule has 0 bridgehead atoms. The van der Waals surface area contributed by atoms with Crippen molar-refractivity contribution in [3.05, 3.63) is 12.2 Å². The third-order valence-electron chi connectivity index (χ3n) is 2.86. The molecule has 86 valence electrons. The Labute approximate surface area is 101 Å². The molecule has 0 nitrogen and oxygen atoms in total. The standard InChI is InChI=1S/C13H26.BrH/c1-6-7-8-9-10-11-12(2)13(3,4)5;/h9-10,12H,6-8,11H2,1-5H3;1H. The fourth-order valence-corrected chi connectivity index (χ4v) is 1.09. The highest BCUT2D eigenvalue weighted by Gasteiger charge is 2.17. The topological polar surface area (TPSA) is 0 Å². The molecule has 1 unspecified atom stereocenters. The largest absolute Gasteiger partial charge is 0.114 e. The van der Waals surface area contributed by atoms with Crippen molar-refractivity contribution in [3.8, 4) is 0 Å². The fourth-order valence-electron chi connectivity index (χ4n) is 1.09. The number of hydrogen-bond acceptors (Lipinski definition) is 0. The van der Waals surface area contributed by atoms with E-state index in [-0.39, 0.29) is 17.0 Å². The van der Waals surface area contributed by atoms with E-state index in [1.165, 1.54) is 25.7 Å². The molecule has 0 N–H and O–H groups in total. The molecule has 0 spiro atoms. The molecule has 0 aliphatic rings. The van der Waals surface area contributed by atoms with Crippen LogP contribution in [0.4, 0.5) is 0 Å². The van der Waals surface area contributed by atoms with Crippen LogP contribution in [0.1, 0.15) is 60.3 Å². The third-order valence-corrected chi connectivity index (χ3v) is 2.86. The van der Waals surface area contributed by atoms with Crippen LogP contribution in [0.3, 0.4) is 0 Å². The van der Waals surface area contributed by atoms with Gasteiger partial charge in [-0.2, -0.15) is 0 Å². The van der Waals surface area contributed by atoms with Gasteiger partial charge >= 0.3 is 0 Å². The zero-order valence-corrected chi connectivity index (χ0v) is 12.2. The van der Waals surface area contributed by atoms with Crippen LogP contribution in [0, 0.1) is 11.3 Å². The molecule has 1 atom stereocenters. The summed E-state index contributed by atoms with van der Waals surface area (Å²) in [6.45, 7) is 11.5. The molecular formula is C13H27Br. The molecule has 0 aliphatic carbocycles. The highest BCUT2D eigenvalue weighted by molar-refractivity contribution is 8.93. The summed E-state index contributed by atoms with van der Waals surface area (Å²) in [6.07, 6.45) is 9.82. The molecule has 0 saturated carbocycles. The summed E-state index contributed by atoms with van der Waals surface area (Å²) in [5.41, 5.74) is 0.453. The maximum absolute atomic E-state index is 2.35. The van der Waals surface area contributed by atoms with Gasteiger partial charge in [-0.1, -0.05) is 59.6 Å². The number of allylic oxidation sites excluding steroid dienone is 2. The molecule has 0 radical (unpaired) electrons. The van der Waals surface area contributed by atoms with Crippen LogP contribution in [-0.2, 0) is 0 Å². The highest BCUT2D eigenvalue weighted by atomic mass is 79.9. The summed E-state index contributed by atoms with van der Waals surface area (Å²) in [7, 11) is 0. The van der Waals surface area contributed by atoms with Crippen molar-refractivity contribution in [2.24, 2.45) is 11.3 Å². The van der Waals surface area contributed by atoms with E-state index in [2.05, 4.69) is 46.8 Å². The molecule has 0 amide bonds. The Morgan fingerprint density at radius 1 is 1.14 bits per heavy atom. The quantitative estimate of drug-likeness (QED) is 0.461. The van der Waals surface area contributed by atoms with E-state index in [0.717, 1.165) is 5.92 Å². The van der Waals surface area contributed by atoms with Gasteiger partial charge in [0.1, 0.15) is 0 Å². The van der Waals surface area contributed by atoms with E-state index < -0.39 is 0 Å². The molecule has 0 aromatic rings. The van der Waals surface area contributed by atoms with Gasteiger partial charge in [-0.05, 0) is 24.2 Å². The third kappa shape index (κ3) is 8.80. The molecule has 0 aromatic carbocycles. The Hall–Kier alpha value is 0.220. The number of unbranched alkanes of at least 4 members (excludes halogenated alkanes) is 2. The first kappa shape index (κ1) is 16.6. The molecule has 0 rings (SSSR count). The van der Waals surface area contributed by atoms with Crippen LogP contribution in [0.15, 0.2) is 12.2 Å². The van der Waals surface area contributed by atoms with Crippen LogP contribution in [0.25, 0.3) is 0 Å². The van der Waals surface area contributed by atoms with Crippen molar-refractivity contribution in [2.75, 3.05) is 0 Å². The lowest BCUT2D eigenvalue weighted by molar-refractivity contribution is 0.264. The minimum atomic E-state index is 0. The first-order chi connectivity index (χ1) is 5.98. The summed E-state index contributed by atoms with van der Waals surface area (Å²) in [5, 5.41) is 0. The normalized spacial score (nSPS) is 14.1. The Kier molecular flexibility index (Phi) is 10.1. The Morgan fingerprint density at radius 2 is 1.71 bits per heavy atom. The summed E-state index contributed by atoms with van der Waals surface area (Å²) in [5.74, 6) is 0.783. The molecule has 1 heteroatoms. The van der Waals surface area contributed by atoms with Gasteiger partial charge in [0.15, 0.2) is 0 Å². The maximum atomic E-state index is 2.35. The van der Waals surface area contributed by atoms with Crippen molar-refractivity contribution in [3.63, 3.8) is 0 Å². The lowest BCUT2D eigenvalue weighted by Crippen LogP contribution is -2.16. The molecule has 0 heterocycles. The van der Waals surface area contributed by atoms with Gasteiger partial charge in [0.25, 0.3) is 0 Å². The van der Waals surface area contributed by atoms with E-state index in [0.29, 0.717) is 5.41 Å². The van der Waals surface area contributed by atoms with E-state index in [4.69, 9.17) is 0 Å². The second kappa shape index (κ2) is 8.52. The van der Waals surface area contributed by atoms with E-state index in [1.54, 1.807) is 0 Å². The van der Waals surface area contributed by atoms with Gasteiger partial charge in [-0.25, -0.2) is 0 Å². The lowest BCUT2D eigenvalue weighted by atomic mass is 9.80. The highest BCUT2D eigenvalue weighted by Crippen LogP contribution is 2.28. The van der Waals surface area contributed by atoms with Gasteiger partial charge in [0, 0.05) is 0 Å². The zero-order valence-electron chi connectivity index (χ0n) is 10.5. The summed E-state index contributed by atoms with van der Waals surface area (Å²) in [6, 6.07) is 0. The maximum Gasteiger partial charge on any atom is -0.0320 e. The number of hydrogen-bond donors (Lipinski definition) is 0. The molecule has 0 aromatic heterocycles. The monoisotopic (exact) mass is 262 g/mol. The fraction of sp³-hybridized carbons (Fsp3) is 0.846. The van der Waals surface area contributed by atoms with Gasteiger partial charge < -0.3 is 0 Å². The summed E-state index contributed by atoms with van der Waals surface area (Å²) < 4.78 is 0. The second-order valence-electron chi connectivity index (χ2n) is 5.12. The first-order valence-corrected chi connectivity index (χ1v) is 5.63. The molecule has 14 heavy (non-hydrogen) atoms. The average Bonchev–Trinajstić information content (AvgIpc) is 2.02. The SMILES string of the molecule is Br.CCCCC=CCC(C)C(C)(C)C. The minimum absolute atomic E-state index is 0. The van der Waals surface area contributed by atoms with Gasteiger partial charge in [-0.15, -0.1) is 17.0 Å². The van der Waals surface area contributed by atoms with Crippen LogP contribution < -0.4 is 0 Å². The molecule has 0 aliphatic heterocycles. The number of rotatable bonds is 5. The summed E-state index contributed by atoms with van der Waals surface area (Å²) in [4.78, 5) is 0. The predicted molar refractivity (Wildman–Crippen MR) is 72.2 cm³/mol. The van der Waals surface area contributed by atoms with Crippen molar-refractivity contribution in [1.82, 2.24) is 0 Å². The van der Waals surface area contributed by atoms with E-state index >= 15 is 0 Å². The second-order valence-corrected chi connectivity index (χ2v) is 5.12. The zero-order chi connectivity index (χ0) is 10.3. The lowest BCUT2D eigenvalue weighted by Gasteiger charge is -2.25. The van der Waals surface area contributed by atoms with Crippen molar-refractivity contribution in [2.45, 2.75) is 60.3 Å². The molecule has 0 fully saturated rings. The van der Waals surface area contributed by atoms with Crippen molar-refractivity contribution in [1.29, 1.82) is 0 Å². The van der Waals surface area contributed by atoms with Crippen molar-refractivity contribution < 1.29 is 0 Å². The van der Waals surface area contributed by atoms with Gasteiger partial charge in [0.05, 0.1) is 0 Å². The van der Waals surface area contributed by atoms with Crippen LogP contribution in [0.2, 0.25) is 0 Å². The predicted octanol–water partition coefficient (Wildman–Crippen LogP) is 5.38. The van der Waals surface area contributed by atoms with E-state index in [1.807, 2.05) is 0 Å². The first-order valence-electron chi connectivity index (χ1n) is 5.63. The van der Waals surface area contributed by atoms with Crippen molar-refractivity contribution >= 4 is 17.0 Å². The molecule has 0 saturated heterocycles. The number of halogens is 1. The Balaban J connectivity index is 0. The van der Waals surface area contributed by atoms with Gasteiger partial charge in [-0.3, -0.25) is 0 Å². The summed E-state index contributed by atoms with van der Waals surface area (Å²) >= 11 is 0. The Bertz CT molecular complexity index is 142. The molecular weight excluding hydrogens is 236 g/mol. The van der Waals surface area contributed by atoms with Gasteiger partial charge in [0.2, 0.25) is 0 Å². The van der Waals surface area contributed by atoms with E-state index in [9.17, 15) is 0 Å². The minimum Gasteiger partial charge on any atom is -0.114 e. The van der Waals surface area contributed by atoms with Crippen LogP contribution in [0.5, 0.6) is 0 Å². The van der Waals surface area contributed by atoms with Crippen LogP contribution in [-0.4, -0.2) is 0 Å². The Morgan fingerprint density at radius 3 is 2.14 bits per heavy atom.